The summed E-state index contributed by atoms with van der Waals surface area (Å²) in [5.74, 6) is 1.15. The van der Waals surface area contributed by atoms with Crippen LogP contribution in [-0.4, -0.2) is 16.7 Å². The summed E-state index contributed by atoms with van der Waals surface area (Å²) in [7, 11) is 0. The number of hydrogen-bond donors (Lipinski definition) is 2. The molecule has 0 saturated heterocycles. The van der Waals surface area contributed by atoms with Crippen molar-refractivity contribution in [2.24, 2.45) is 0 Å². The summed E-state index contributed by atoms with van der Waals surface area (Å²) in [5.41, 5.74) is 0.854. The molecule has 5 nitrogen and oxygen atoms in total. The predicted octanol–water partition coefficient (Wildman–Crippen LogP) is 2.61. The minimum atomic E-state index is -0.269. The lowest BCUT2D eigenvalue weighted by Crippen LogP contribution is -2.26. The first kappa shape index (κ1) is 13.1. The van der Waals surface area contributed by atoms with E-state index in [2.05, 4.69) is 10.3 Å². The van der Waals surface area contributed by atoms with Crippen LogP contribution in [0.15, 0.2) is 28.8 Å². The summed E-state index contributed by atoms with van der Waals surface area (Å²) >= 11 is 0. The Labute approximate surface area is 111 Å². The molecule has 0 unspecified atom stereocenters. The second-order valence-corrected chi connectivity index (χ2v) is 4.50. The highest BCUT2D eigenvalue weighted by Crippen LogP contribution is 2.16. The third-order valence-electron chi connectivity index (χ3n) is 2.87. The van der Waals surface area contributed by atoms with Crippen LogP contribution < -0.4 is 5.32 Å². The van der Waals surface area contributed by atoms with Crippen molar-refractivity contribution in [3.8, 4) is 0 Å². The SMILES string of the molecule is CC(=O)c1c[nH]c(C(=O)N[C@@H](C)c2ccc(C)o2)c1. The molecule has 1 atom stereocenters. The summed E-state index contributed by atoms with van der Waals surface area (Å²) in [6.07, 6.45) is 1.53. The lowest BCUT2D eigenvalue weighted by atomic mass is 10.2. The zero-order valence-corrected chi connectivity index (χ0v) is 11.1. The van der Waals surface area contributed by atoms with Gasteiger partial charge in [0.1, 0.15) is 17.2 Å². The van der Waals surface area contributed by atoms with Gasteiger partial charge in [-0.2, -0.15) is 0 Å². The number of aromatic nitrogens is 1. The number of carbonyl (C=O) groups excluding carboxylic acids is 2. The Morgan fingerprint density at radius 1 is 1.37 bits per heavy atom. The van der Waals surface area contributed by atoms with Crippen LogP contribution in [0.2, 0.25) is 0 Å². The molecule has 0 aliphatic carbocycles. The van der Waals surface area contributed by atoms with Crippen LogP contribution >= 0.6 is 0 Å². The molecule has 100 valence electrons. The van der Waals surface area contributed by atoms with Gasteiger partial charge in [-0.1, -0.05) is 0 Å². The van der Waals surface area contributed by atoms with E-state index in [-0.39, 0.29) is 17.7 Å². The number of aryl methyl sites for hydroxylation is 1. The van der Waals surface area contributed by atoms with E-state index in [9.17, 15) is 9.59 Å². The van der Waals surface area contributed by atoms with Crippen molar-refractivity contribution in [2.75, 3.05) is 0 Å². The van der Waals surface area contributed by atoms with Gasteiger partial charge in [-0.05, 0) is 39.0 Å². The maximum Gasteiger partial charge on any atom is 0.268 e. The van der Waals surface area contributed by atoms with Gasteiger partial charge >= 0.3 is 0 Å². The maximum absolute atomic E-state index is 12.0. The Balaban J connectivity index is 2.06. The van der Waals surface area contributed by atoms with Crippen LogP contribution in [0.5, 0.6) is 0 Å². The largest absolute Gasteiger partial charge is 0.464 e. The van der Waals surface area contributed by atoms with Crippen molar-refractivity contribution in [1.29, 1.82) is 0 Å². The molecule has 2 rings (SSSR count). The first-order valence-electron chi connectivity index (χ1n) is 6.04. The van der Waals surface area contributed by atoms with Gasteiger partial charge in [0, 0.05) is 11.8 Å². The van der Waals surface area contributed by atoms with E-state index in [1.54, 1.807) is 0 Å². The Bertz CT molecular complexity index is 610. The lowest BCUT2D eigenvalue weighted by molar-refractivity contribution is 0.0930. The molecule has 0 fully saturated rings. The molecule has 0 aliphatic heterocycles. The number of aromatic amines is 1. The van der Waals surface area contributed by atoms with Crippen LogP contribution in [-0.2, 0) is 0 Å². The second-order valence-electron chi connectivity index (χ2n) is 4.50. The number of amides is 1. The van der Waals surface area contributed by atoms with Crippen molar-refractivity contribution in [2.45, 2.75) is 26.8 Å². The molecule has 0 radical (unpaired) electrons. The molecule has 0 aliphatic rings. The maximum atomic E-state index is 12.0. The molecular formula is C14H16N2O3. The van der Waals surface area contributed by atoms with Crippen molar-refractivity contribution in [3.63, 3.8) is 0 Å². The summed E-state index contributed by atoms with van der Waals surface area (Å²) in [6, 6.07) is 4.99. The first-order chi connectivity index (χ1) is 8.97. The van der Waals surface area contributed by atoms with Crippen molar-refractivity contribution in [1.82, 2.24) is 10.3 Å². The smallest absolute Gasteiger partial charge is 0.268 e. The Kier molecular flexibility index (Phi) is 3.55. The number of ketones is 1. The van der Waals surface area contributed by atoms with E-state index in [1.165, 1.54) is 19.2 Å². The fourth-order valence-corrected chi connectivity index (χ4v) is 1.76. The van der Waals surface area contributed by atoms with Crippen molar-refractivity contribution >= 4 is 11.7 Å². The van der Waals surface area contributed by atoms with E-state index in [0.717, 1.165) is 5.76 Å². The number of carbonyl (C=O) groups is 2. The molecule has 1 amide bonds. The third-order valence-corrected chi connectivity index (χ3v) is 2.87. The minimum absolute atomic E-state index is 0.0787. The van der Waals surface area contributed by atoms with E-state index in [0.29, 0.717) is 17.0 Å². The number of hydrogen-bond acceptors (Lipinski definition) is 3. The summed E-state index contributed by atoms with van der Waals surface area (Å²) in [5, 5.41) is 2.80. The van der Waals surface area contributed by atoms with Gasteiger partial charge in [-0.3, -0.25) is 9.59 Å². The lowest BCUT2D eigenvalue weighted by Gasteiger charge is -2.10. The highest BCUT2D eigenvalue weighted by Gasteiger charge is 2.16. The fraction of sp³-hybridized carbons (Fsp3) is 0.286. The molecule has 0 bridgehead atoms. The normalized spacial score (nSPS) is 12.2. The van der Waals surface area contributed by atoms with Gasteiger partial charge in [-0.25, -0.2) is 0 Å². The number of Topliss-reactive ketones (excluding diaryl/α,β-unsaturated/α-hetero) is 1. The summed E-state index contributed by atoms with van der Waals surface area (Å²) < 4.78 is 5.45. The highest BCUT2D eigenvalue weighted by molar-refractivity contribution is 5.99. The van der Waals surface area contributed by atoms with E-state index in [4.69, 9.17) is 4.42 Å². The van der Waals surface area contributed by atoms with E-state index >= 15 is 0 Å². The van der Waals surface area contributed by atoms with Crippen molar-refractivity contribution in [3.05, 3.63) is 47.2 Å². The van der Waals surface area contributed by atoms with Gasteiger partial charge < -0.3 is 14.7 Å². The standard InChI is InChI=1S/C14H16N2O3/c1-8-4-5-13(19-8)9(2)16-14(18)12-6-11(7-15-12)10(3)17/h4-7,9,15H,1-3H3,(H,16,18)/t9-/m0/s1. The zero-order valence-electron chi connectivity index (χ0n) is 11.1. The quantitative estimate of drug-likeness (QED) is 0.830. The Morgan fingerprint density at radius 2 is 2.11 bits per heavy atom. The highest BCUT2D eigenvalue weighted by atomic mass is 16.3. The third kappa shape index (κ3) is 2.93. The van der Waals surface area contributed by atoms with Gasteiger partial charge in [0.15, 0.2) is 5.78 Å². The van der Waals surface area contributed by atoms with Crippen LogP contribution in [0, 0.1) is 6.92 Å². The Morgan fingerprint density at radius 3 is 2.63 bits per heavy atom. The first-order valence-corrected chi connectivity index (χ1v) is 6.04. The Hall–Kier alpha value is -2.30. The zero-order chi connectivity index (χ0) is 14.0. The molecule has 0 aromatic carbocycles. The molecule has 2 N–H and O–H groups in total. The molecule has 0 saturated carbocycles. The minimum Gasteiger partial charge on any atom is -0.464 e. The van der Waals surface area contributed by atoms with E-state index < -0.39 is 0 Å². The predicted molar refractivity (Wildman–Crippen MR) is 70.1 cm³/mol. The number of furan rings is 1. The molecular weight excluding hydrogens is 244 g/mol. The van der Waals surface area contributed by atoms with Crippen molar-refractivity contribution < 1.29 is 14.0 Å². The molecule has 19 heavy (non-hydrogen) atoms. The number of rotatable bonds is 4. The summed E-state index contributed by atoms with van der Waals surface area (Å²) in [6.45, 7) is 5.15. The van der Waals surface area contributed by atoms with Gasteiger partial charge in [0.2, 0.25) is 0 Å². The van der Waals surface area contributed by atoms with Crippen LogP contribution in [0.1, 0.15) is 52.3 Å². The van der Waals surface area contributed by atoms with Gasteiger partial charge in [-0.15, -0.1) is 0 Å². The van der Waals surface area contributed by atoms with Gasteiger partial charge in [0.05, 0.1) is 6.04 Å². The fourth-order valence-electron chi connectivity index (χ4n) is 1.76. The molecule has 2 aromatic rings. The topological polar surface area (TPSA) is 75.1 Å². The average Bonchev–Trinajstić information content (AvgIpc) is 2.96. The van der Waals surface area contributed by atoms with Crippen LogP contribution in [0.25, 0.3) is 0 Å². The summed E-state index contributed by atoms with van der Waals surface area (Å²) in [4.78, 5) is 25.9. The molecule has 0 spiro atoms. The van der Waals surface area contributed by atoms with E-state index in [1.807, 2.05) is 26.0 Å². The molecule has 2 aromatic heterocycles. The van der Waals surface area contributed by atoms with Crippen LogP contribution in [0.4, 0.5) is 0 Å². The number of nitrogens with one attached hydrogen (secondary N) is 2. The van der Waals surface area contributed by atoms with Crippen LogP contribution in [0.3, 0.4) is 0 Å². The molecule has 5 heteroatoms. The molecule has 2 heterocycles. The average molecular weight is 260 g/mol. The monoisotopic (exact) mass is 260 g/mol. The van der Waals surface area contributed by atoms with Gasteiger partial charge in [0.25, 0.3) is 5.91 Å². The number of H-pyrrole nitrogens is 1. The second kappa shape index (κ2) is 5.14.